The van der Waals surface area contributed by atoms with Crippen LogP contribution in [0.4, 0.5) is 11.6 Å². The third kappa shape index (κ3) is 2.07. The number of hydrogen-bond donors (Lipinski definition) is 2. The van der Waals surface area contributed by atoms with Crippen molar-refractivity contribution in [2.24, 2.45) is 0 Å². The first-order valence-electron chi connectivity index (χ1n) is 6.22. The van der Waals surface area contributed by atoms with E-state index >= 15 is 0 Å². The highest BCUT2D eigenvalue weighted by Gasteiger charge is 2.23. The summed E-state index contributed by atoms with van der Waals surface area (Å²) in [6.07, 6.45) is 4.50. The van der Waals surface area contributed by atoms with Crippen LogP contribution in [0.25, 0.3) is 0 Å². The molecule has 1 heterocycles. The smallest absolute Gasteiger partial charge is 0.168 e. The normalized spacial score (nSPS) is 17.2. The fraction of sp³-hybridized carbons (Fsp3) is 0.667. The summed E-state index contributed by atoms with van der Waals surface area (Å²) in [6, 6.07) is 2.83. The molecule has 1 saturated carbocycles. The summed E-state index contributed by atoms with van der Waals surface area (Å²) in [5.41, 5.74) is 6.45. The van der Waals surface area contributed by atoms with Gasteiger partial charge in [-0.15, -0.1) is 0 Å². The number of nitrogens with zero attached hydrogens (tertiary/aromatic N) is 3. The third-order valence-electron chi connectivity index (χ3n) is 3.51. The van der Waals surface area contributed by atoms with Gasteiger partial charge < -0.3 is 11.1 Å². The van der Waals surface area contributed by atoms with Crippen LogP contribution in [0.3, 0.4) is 0 Å². The highest BCUT2D eigenvalue weighted by Crippen LogP contribution is 2.29. The molecule has 1 aromatic heterocycles. The van der Waals surface area contributed by atoms with Crippen molar-refractivity contribution in [3.8, 4) is 6.07 Å². The van der Waals surface area contributed by atoms with E-state index in [9.17, 15) is 0 Å². The number of hydrogen-bond acceptors (Lipinski definition) is 4. The summed E-state index contributed by atoms with van der Waals surface area (Å²) in [6.45, 7) is 4.13. The van der Waals surface area contributed by atoms with Gasteiger partial charge in [-0.05, 0) is 32.6 Å². The molecule has 92 valence electrons. The zero-order valence-electron chi connectivity index (χ0n) is 10.4. The maximum absolute atomic E-state index is 9.15. The summed E-state index contributed by atoms with van der Waals surface area (Å²) < 4.78 is 1.75. The Morgan fingerprint density at radius 3 is 2.82 bits per heavy atom. The van der Waals surface area contributed by atoms with Crippen molar-refractivity contribution in [3.63, 3.8) is 0 Å². The van der Waals surface area contributed by atoms with Gasteiger partial charge in [-0.25, -0.2) is 4.68 Å². The van der Waals surface area contributed by atoms with Gasteiger partial charge in [0, 0.05) is 6.04 Å². The van der Waals surface area contributed by atoms with Gasteiger partial charge in [0.25, 0.3) is 0 Å². The van der Waals surface area contributed by atoms with Crippen molar-refractivity contribution in [3.05, 3.63) is 5.56 Å². The molecular formula is C12H19N5. The molecule has 3 N–H and O–H groups in total. The number of aromatic nitrogens is 2. The molecule has 0 spiro atoms. The van der Waals surface area contributed by atoms with Crippen molar-refractivity contribution >= 4 is 11.6 Å². The lowest BCUT2D eigenvalue weighted by Gasteiger charge is -2.26. The Morgan fingerprint density at radius 1 is 1.65 bits per heavy atom. The second-order valence-corrected chi connectivity index (χ2v) is 4.69. The highest BCUT2D eigenvalue weighted by molar-refractivity contribution is 5.64. The monoisotopic (exact) mass is 233 g/mol. The Bertz CT molecular complexity index is 438. The second kappa shape index (κ2) is 4.66. The number of anilines is 2. The molecule has 1 atom stereocenters. The quantitative estimate of drug-likeness (QED) is 0.836. The SMILES string of the molecule is CCC(C)n1nc(NC2CCC2)c(C#N)c1N. The largest absolute Gasteiger partial charge is 0.383 e. The lowest BCUT2D eigenvalue weighted by Crippen LogP contribution is -2.27. The van der Waals surface area contributed by atoms with Gasteiger partial charge in [0.2, 0.25) is 0 Å². The first kappa shape index (κ1) is 11.8. The summed E-state index contributed by atoms with van der Waals surface area (Å²) in [5, 5.41) is 16.9. The third-order valence-corrected chi connectivity index (χ3v) is 3.51. The lowest BCUT2D eigenvalue weighted by molar-refractivity contribution is 0.441. The molecule has 17 heavy (non-hydrogen) atoms. The molecule has 0 bridgehead atoms. The summed E-state index contributed by atoms with van der Waals surface area (Å²) >= 11 is 0. The van der Waals surface area contributed by atoms with Crippen LogP contribution in [0, 0.1) is 11.3 Å². The van der Waals surface area contributed by atoms with E-state index in [1.165, 1.54) is 6.42 Å². The van der Waals surface area contributed by atoms with E-state index < -0.39 is 0 Å². The Labute approximate surface area is 102 Å². The minimum absolute atomic E-state index is 0.221. The second-order valence-electron chi connectivity index (χ2n) is 4.69. The topological polar surface area (TPSA) is 79.7 Å². The van der Waals surface area contributed by atoms with E-state index in [2.05, 4.69) is 30.3 Å². The Kier molecular flexibility index (Phi) is 3.23. The van der Waals surface area contributed by atoms with Crippen LogP contribution in [0.2, 0.25) is 0 Å². The Balaban J connectivity index is 2.28. The van der Waals surface area contributed by atoms with Crippen LogP contribution < -0.4 is 11.1 Å². The van der Waals surface area contributed by atoms with E-state index in [4.69, 9.17) is 11.0 Å². The number of nitriles is 1. The molecule has 5 nitrogen and oxygen atoms in total. The van der Waals surface area contributed by atoms with Crippen LogP contribution >= 0.6 is 0 Å². The average molecular weight is 233 g/mol. The maximum atomic E-state index is 9.15. The summed E-state index contributed by atoms with van der Waals surface area (Å²) in [7, 11) is 0. The van der Waals surface area contributed by atoms with Gasteiger partial charge in [-0.2, -0.15) is 10.4 Å². The Morgan fingerprint density at radius 2 is 2.35 bits per heavy atom. The minimum Gasteiger partial charge on any atom is -0.383 e. The Hall–Kier alpha value is -1.70. The molecule has 1 aromatic rings. The van der Waals surface area contributed by atoms with E-state index in [1.807, 2.05) is 0 Å². The number of rotatable bonds is 4. The molecule has 2 rings (SSSR count). The van der Waals surface area contributed by atoms with Crippen LogP contribution in [-0.2, 0) is 0 Å². The number of nitrogens with two attached hydrogens (primary N) is 1. The predicted octanol–water partition coefficient (Wildman–Crippen LogP) is 2.27. The molecule has 1 fully saturated rings. The molecule has 1 aliphatic rings. The van der Waals surface area contributed by atoms with Crippen molar-refractivity contribution in [1.82, 2.24) is 9.78 Å². The molecule has 1 unspecified atom stereocenters. The van der Waals surface area contributed by atoms with Crippen molar-refractivity contribution in [2.75, 3.05) is 11.1 Å². The summed E-state index contributed by atoms with van der Waals surface area (Å²) in [5.74, 6) is 1.12. The first-order chi connectivity index (χ1) is 8.17. The average Bonchev–Trinajstić information content (AvgIpc) is 2.59. The van der Waals surface area contributed by atoms with Gasteiger partial charge in [-0.3, -0.25) is 0 Å². The first-order valence-corrected chi connectivity index (χ1v) is 6.22. The van der Waals surface area contributed by atoms with Crippen molar-refractivity contribution < 1.29 is 0 Å². The maximum Gasteiger partial charge on any atom is 0.168 e. The van der Waals surface area contributed by atoms with Gasteiger partial charge in [-0.1, -0.05) is 6.92 Å². The lowest BCUT2D eigenvalue weighted by atomic mass is 9.93. The fourth-order valence-electron chi connectivity index (χ4n) is 1.91. The molecule has 0 aliphatic heterocycles. The van der Waals surface area contributed by atoms with E-state index in [0.717, 1.165) is 19.3 Å². The number of nitrogens with one attached hydrogen (secondary N) is 1. The molecule has 0 amide bonds. The zero-order chi connectivity index (χ0) is 12.4. The van der Waals surface area contributed by atoms with Crippen molar-refractivity contribution in [2.45, 2.75) is 51.6 Å². The molecule has 0 saturated heterocycles. The van der Waals surface area contributed by atoms with E-state index in [1.54, 1.807) is 4.68 Å². The molecule has 5 heteroatoms. The minimum atomic E-state index is 0.221. The van der Waals surface area contributed by atoms with Crippen LogP contribution in [-0.4, -0.2) is 15.8 Å². The van der Waals surface area contributed by atoms with Crippen LogP contribution in [0.1, 0.15) is 51.1 Å². The molecule has 0 radical (unpaired) electrons. The van der Waals surface area contributed by atoms with E-state index in [-0.39, 0.29) is 6.04 Å². The molecular weight excluding hydrogens is 214 g/mol. The van der Waals surface area contributed by atoms with E-state index in [0.29, 0.717) is 23.2 Å². The fourth-order valence-corrected chi connectivity index (χ4v) is 1.91. The van der Waals surface area contributed by atoms with Gasteiger partial charge in [0.15, 0.2) is 5.82 Å². The number of nitrogen functional groups attached to an aromatic ring is 1. The summed E-state index contributed by atoms with van der Waals surface area (Å²) in [4.78, 5) is 0. The standard InChI is InChI=1S/C12H19N5/c1-3-8(2)17-11(14)10(7-13)12(16-17)15-9-5-4-6-9/h8-9H,3-6,14H2,1-2H3,(H,15,16). The predicted molar refractivity (Wildman–Crippen MR) is 67.6 cm³/mol. The molecule has 1 aliphatic carbocycles. The molecule has 0 aromatic carbocycles. The van der Waals surface area contributed by atoms with Crippen LogP contribution in [0.15, 0.2) is 0 Å². The van der Waals surface area contributed by atoms with Crippen LogP contribution in [0.5, 0.6) is 0 Å². The van der Waals surface area contributed by atoms with Crippen molar-refractivity contribution in [1.29, 1.82) is 5.26 Å². The zero-order valence-corrected chi connectivity index (χ0v) is 10.4. The van der Waals surface area contributed by atoms with Gasteiger partial charge in [0.1, 0.15) is 17.5 Å². The van der Waals surface area contributed by atoms with Gasteiger partial charge in [0.05, 0.1) is 6.04 Å². The highest BCUT2D eigenvalue weighted by atomic mass is 15.4. The van der Waals surface area contributed by atoms with Gasteiger partial charge >= 0.3 is 0 Å².